The molecule has 0 unspecified atom stereocenters. The van der Waals surface area contributed by atoms with Gasteiger partial charge in [0, 0.05) is 27.9 Å². The molecule has 1 N–H and O–H groups in total. The summed E-state index contributed by atoms with van der Waals surface area (Å²) >= 11 is 4.33. The lowest BCUT2D eigenvalue weighted by molar-refractivity contribution is 0.104. The Bertz CT molecular complexity index is 687. The lowest BCUT2D eigenvalue weighted by atomic mass is 10.1. The molecule has 0 aromatic heterocycles. The molecule has 2 nitrogen and oxygen atoms in total. The van der Waals surface area contributed by atoms with Crippen LogP contribution in [0.5, 0.6) is 0 Å². The zero-order valence-electron chi connectivity index (χ0n) is 12.5. The molecular weight excluding hydrogens is 278 g/mol. The van der Waals surface area contributed by atoms with Crippen molar-refractivity contribution >= 4 is 24.1 Å². The summed E-state index contributed by atoms with van der Waals surface area (Å²) < 4.78 is 0. The van der Waals surface area contributed by atoms with Gasteiger partial charge < -0.3 is 5.32 Å². The number of carbonyl (C=O) groups excluding carboxylic acids is 1. The first-order valence-corrected chi connectivity index (χ1v) is 7.26. The highest BCUT2D eigenvalue weighted by molar-refractivity contribution is 7.80. The summed E-state index contributed by atoms with van der Waals surface area (Å²) in [6.45, 7) is 5.91. The van der Waals surface area contributed by atoms with Crippen LogP contribution in [0.25, 0.3) is 0 Å². The van der Waals surface area contributed by atoms with Crippen LogP contribution in [0.1, 0.15) is 28.4 Å². The SMILES string of the molecule is C/C(=C\C(=O)c1ccc(C)cc1)Nc1cc(S)ccc1C. The Kier molecular flexibility index (Phi) is 4.86. The van der Waals surface area contributed by atoms with Crippen molar-refractivity contribution in [1.29, 1.82) is 0 Å². The molecule has 0 aliphatic rings. The fourth-order valence-electron chi connectivity index (χ4n) is 1.99. The van der Waals surface area contributed by atoms with Gasteiger partial charge in [0.15, 0.2) is 5.78 Å². The van der Waals surface area contributed by atoms with Gasteiger partial charge >= 0.3 is 0 Å². The molecule has 3 heteroatoms. The Labute approximate surface area is 131 Å². The first kappa shape index (κ1) is 15.4. The topological polar surface area (TPSA) is 29.1 Å². The van der Waals surface area contributed by atoms with Crippen LogP contribution in [-0.2, 0) is 0 Å². The molecule has 0 aliphatic heterocycles. The van der Waals surface area contributed by atoms with E-state index in [1.165, 1.54) is 0 Å². The highest BCUT2D eigenvalue weighted by atomic mass is 32.1. The minimum Gasteiger partial charge on any atom is -0.359 e. The molecule has 0 heterocycles. The molecule has 0 bridgehead atoms. The van der Waals surface area contributed by atoms with Crippen LogP contribution in [0.3, 0.4) is 0 Å². The molecule has 21 heavy (non-hydrogen) atoms. The van der Waals surface area contributed by atoms with Gasteiger partial charge in [0.25, 0.3) is 0 Å². The van der Waals surface area contributed by atoms with Gasteiger partial charge in [-0.1, -0.05) is 35.9 Å². The highest BCUT2D eigenvalue weighted by Crippen LogP contribution is 2.20. The number of carbonyl (C=O) groups is 1. The van der Waals surface area contributed by atoms with Crippen molar-refractivity contribution in [2.75, 3.05) is 5.32 Å². The monoisotopic (exact) mass is 297 g/mol. The van der Waals surface area contributed by atoms with E-state index in [-0.39, 0.29) is 5.78 Å². The molecule has 108 valence electrons. The summed E-state index contributed by atoms with van der Waals surface area (Å²) in [5.74, 6) is -0.000295. The normalized spacial score (nSPS) is 11.3. The van der Waals surface area contributed by atoms with Crippen LogP contribution in [-0.4, -0.2) is 5.78 Å². The molecule has 2 aromatic rings. The van der Waals surface area contributed by atoms with E-state index in [4.69, 9.17) is 0 Å². The smallest absolute Gasteiger partial charge is 0.187 e. The number of ketones is 1. The number of thiol groups is 1. The minimum atomic E-state index is -0.000295. The van der Waals surface area contributed by atoms with Crippen molar-refractivity contribution in [3.63, 3.8) is 0 Å². The Balaban J connectivity index is 2.15. The molecule has 0 aliphatic carbocycles. The van der Waals surface area contributed by atoms with E-state index in [1.54, 1.807) is 6.08 Å². The fourth-order valence-corrected chi connectivity index (χ4v) is 2.19. The van der Waals surface area contributed by atoms with E-state index in [2.05, 4.69) is 17.9 Å². The molecule has 2 aromatic carbocycles. The van der Waals surface area contributed by atoms with E-state index < -0.39 is 0 Å². The number of nitrogens with one attached hydrogen (secondary N) is 1. The Hall–Kier alpha value is -2.00. The molecule has 0 amide bonds. The zero-order valence-corrected chi connectivity index (χ0v) is 13.4. The van der Waals surface area contributed by atoms with E-state index in [1.807, 2.05) is 63.2 Å². The standard InChI is InChI=1S/C18H19NOS/c1-12-4-7-15(8-5-12)18(20)10-14(3)19-17-11-16(21)9-6-13(17)2/h4-11,19,21H,1-3H3/b14-10+. The van der Waals surface area contributed by atoms with Gasteiger partial charge in [-0.25, -0.2) is 0 Å². The largest absolute Gasteiger partial charge is 0.359 e. The van der Waals surface area contributed by atoms with Gasteiger partial charge in [-0.3, -0.25) is 4.79 Å². The van der Waals surface area contributed by atoms with Crippen LogP contribution >= 0.6 is 12.6 Å². The summed E-state index contributed by atoms with van der Waals surface area (Å²) in [4.78, 5) is 13.1. The third-order valence-electron chi connectivity index (χ3n) is 3.24. The van der Waals surface area contributed by atoms with Crippen LogP contribution in [0.4, 0.5) is 5.69 Å². The van der Waals surface area contributed by atoms with E-state index >= 15 is 0 Å². The number of hydrogen-bond acceptors (Lipinski definition) is 3. The summed E-state index contributed by atoms with van der Waals surface area (Å²) in [7, 11) is 0. The Morgan fingerprint density at radius 2 is 1.76 bits per heavy atom. The number of rotatable bonds is 4. The van der Waals surface area contributed by atoms with E-state index in [9.17, 15) is 4.79 Å². The maximum Gasteiger partial charge on any atom is 0.187 e. The number of hydrogen-bond donors (Lipinski definition) is 2. The van der Waals surface area contributed by atoms with Gasteiger partial charge in [0.2, 0.25) is 0 Å². The second-order valence-electron chi connectivity index (χ2n) is 5.18. The zero-order chi connectivity index (χ0) is 15.4. The van der Waals surface area contributed by atoms with Crippen molar-refractivity contribution < 1.29 is 4.79 Å². The quantitative estimate of drug-likeness (QED) is 0.482. The molecule has 2 rings (SSSR count). The molecular formula is C18H19NOS. The van der Waals surface area contributed by atoms with E-state index in [0.29, 0.717) is 5.56 Å². The first-order valence-electron chi connectivity index (χ1n) is 6.81. The second-order valence-corrected chi connectivity index (χ2v) is 5.70. The summed E-state index contributed by atoms with van der Waals surface area (Å²) in [6.07, 6.45) is 1.62. The number of benzene rings is 2. The number of aryl methyl sites for hydroxylation is 2. The summed E-state index contributed by atoms with van der Waals surface area (Å²) in [5.41, 5.74) is 4.73. The molecule has 0 saturated carbocycles. The molecule has 0 fully saturated rings. The van der Waals surface area contributed by atoms with Gasteiger partial charge in [-0.05, 0) is 38.5 Å². The third-order valence-corrected chi connectivity index (χ3v) is 3.51. The van der Waals surface area contributed by atoms with Gasteiger partial charge in [0.1, 0.15) is 0 Å². The highest BCUT2D eigenvalue weighted by Gasteiger charge is 2.04. The van der Waals surface area contributed by atoms with Crippen LogP contribution in [0.2, 0.25) is 0 Å². The predicted octanol–water partition coefficient (Wildman–Crippen LogP) is 4.79. The van der Waals surface area contributed by atoms with Crippen molar-refractivity contribution in [2.24, 2.45) is 0 Å². The van der Waals surface area contributed by atoms with Gasteiger partial charge in [0.05, 0.1) is 0 Å². The van der Waals surface area contributed by atoms with Gasteiger partial charge in [-0.15, -0.1) is 12.6 Å². The maximum atomic E-state index is 12.2. The minimum absolute atomic E-state index is 0.000295. The molecule has 0 saturated heterocycles. The van der Waals surface area contributed by atoms with Gasteiger partial charge in [-0.2, -0.15) is 0 Å². The van der Waals surface area contributed by atoms with Crippen LogP contribution in [0.15, 0.2) is 59.1 Å². The summed E-state index contributed by atoms with van der Waals surface area (Å²) in [5, 5.41) is 3.25. The molecule has 0 spiro atoms. The third kappa shape index (κ3) is 4.23. The molecule has 0 radical (unpaired) electrons. The Morgan fingerprint density at radius 1 is 1.10 bits per heavy atom. The maximum absolute atomic E-state index is 12.2. The van der Waals surface area contributed by atoms with Crippen LogP contribution < -0.4 is 5.32 Å². The lowest BCUT2D eigenvalue weighted by Gasteiger charge is -2.10. The van der Waals surface area contributed by atoms with Crippen molar-refractivity contribution in [3.05, 3.63) is 70.9 Å². The van der Waals surface area contributed by atoms with Crippen molar-refractivity contribution in [3.8, 4) is 0 Å². The summed E-state index contributed by atoms with van der Waals surface area (Å²) in [6, 6.07) is 13.5. The first-order chi connectivity index (χ1) is 9.95. The van der Waals surface area contributed by atoms with Crippen LogP contribution in [0, 0.1) is 13.8 Å². The average Bonchev–Trinajstić information content (AvgIpc) is 2.43. The second kappa shape index (κ2) is 6.64. The molecule has 0 atom stereocenters. The number of allylic oxidation sites excluding steroid dienone is 2. The Morgan fingerprint density at radius 3 is 2.43 bits per heavy atom. The van der Waals surface area contributed by atoms with Crippen molar-refractivity contribution in [1.82, 2.24) is 0 Å². The predicted molar refractivity (Wildman–Crippen MR) is 91.3 cm³/mol. The van der Waals surface area contributed by atoms with Crippen molar-refractivity contribution in [2.45, 2.75) is 25.7 Å². The average molecular weight is 297 g/mol. The lowest BCUT2D eigenvalue weighted by Crippen LogP contribution is -2.02. The number of anilines is 1. The fraction of sp³-hybridized carbons (Fsp3) is 0.167. The van der Waals surface area contributed by atoms with E-state index in [0.717, 1.165) is 27.4 Å².